The van der Waals surface area contributed by atoms with Gasteiger partial charge in [0, 0.05) is 13.1 Å². The van der Waals surface area contributed by atoms with Crippen molar-refractivity contribution in [3.8, 4) is 5.75 Å². The smallest absolute Gasteiger partial charge is 0.239 e. The van der Waals surface area contributed by atoms with Crippen LogP contribution < -0.4 is 20.7 Å². The van der Waals surface area contributed by atoms with E-state index >= 15 is 0 Å². The highest BCUT2D eigenvalue weighted by Gasteiger charge is 2.04. The first-order valence-electron chi connectivity index (χ1n) is 9.08. The third-order valence-corrected chi connectivity index (χ3v) is 4.08. The molecule has 0 unspecified atom stereocenters. The number of methoxy groups -OCH3 is 1. The number of hydrogen-bond acceptors (Lipinski definition) is 3. The zero-order chi connectivity index (χ0) is 19.5. The Morgan fingerprint density at radius 3 is 2.44 bits per heavy atom. The minimum Gasteiger partial charge on any atom is -0.497 e. The number of carbonyl (C=O) groups is 1. The highest BCUT2D eigenvalue weighted by Crippen LogP contribution is 2.11. The van der Waals surface area contributed by atoms with E-state index in [9.17, 15) is 4.79 Å². The maximum absolute atomic E-state index is 12.1. The SMILES string of the molecule is CCNC(=NCc1ccccc1C)NCC(=O)NCc1ccc(OC)cc1. The molecule has 0 radical (unpaired) electrons. The first-order chi connectivity index (χ1) is 13.1. The van der Waals surface area contributed by atoms with E-state index in [1.165, 1.54) is 11.1 Å². The maximum Gasteiger partial charge on any atom is 0.239 e. The molecule has 0 heterocycles. The molecule has 0 bridgehead atoms. The first kappa shape index (κ1) is 20.3. The molecule has 0 aromatic heterocycles. The highest BCUT2D eigenvalue weighted by molar-refractivity contribution is 5.86. The second-order valence-electron chi connectivity index (χ2n) is 6.10. The Hall–Kier alpha value is -3.02. The molecule has 0 fully saturated rings. The van der Waals surface area contributed by atoms with Gasteiger partial charge in [0.2, 0.25) is 5.91 Å². The van der Waals surface area contributed by atoms with Crippen LogP contribution in [0.2, 0.25) is 0 Å². The van der Waals surface area contributed by atoms with Gasteiger partial charge < -0.3 is 20.7 Å². The molecule has 27 heavy (non-hydrogen) atoms. The lowest BCUT2D eigenvalue weighted by Gasteiger charge is -2.12. The third kappa shape index (κ3) is 7.01. The fourth-order valence-electron chi connectivity index (χ4n) is 2.46. The van der Waals surface area contributed by atoms with Gasteiger partial charge in [0.25, 0.3) is 0 Å². The molecular weight excluding hydrogens is 340 g/mol. The lowest BCUT2D eigenvalue weighted by Crippen LogP contribution is -2.43. The number of rotatable bonds is 8. The molecule has 0 aliphatic heterocycles. The molecule has 1 amide bonds. The Morgan fingerprint density at radius 1 is 1.04 bits per heavy atom. The van der Waals surface area contributed by atoms with Crippen LogP contribution in [0.4, 0.5) is 0 Å². The van der Waals surface area contributed by atoms with E-state index in [-0.39, 0.29) is 12.5 Å². The van der Waals surface area contributed by atoms with Gasteiger partial charge in [-0.3, -0.25) is 4.79 Å². The van der Waals surface area contributed by atoms with Crippen molar-refractivity contribution in [1.29, 1.82) is 0 Å². The topological polar surface area (TPSA) is 74.8 Å². The maximum atomic E-state index is 12.1. The van der Waals surface area contributed by atoms with E-state index in [1.807, 2.05) is 43.3 Å². The molecule has 0 aliphatic rings. The number of benzene rings is 2. The number of guanidine groups is 1. The molecule has 0 aliphatic carbocycles. The summed E-state index contributed by atoms with van der Waals surface area (Å²) in [5.74, 6) is 1.33. The molecule has 2 aromatic carbocycles. The van der Waals surface area contributed by atoms with Gasteiger partial charge in [0.15, 0.2) is 5.96 Å². The number of nitrogens with one attached hydrogen (secondary N) is 3. The van der Waals surface area contributed by atoms with Crippen LogP contribution in [0.15, 0.2) is 53.5 Å². The highest BCUT2D eigenvalue weighted by atomic mass is 16.5. The van der Waals surface area contributed by atoms with Crippen LogP contribution in [-0.4, -0.2) is 32.1 Å². The van der Waals surface area contributed by atoms with Gasteiger partial charge in [-0.15, -0.1) is 0 Å². The van der Waals surface area contributed by atoms with Crippen molar-refractivity contribution < 1.29 is 9.53 Å². The molecule has 144 valence electrons. The minimum absolute atomic E-state index is 0.0905. The zero-order valence-corrected chi connectivity index (χ0v) is 16.2. The van der Waals surface area contributed by atoms with Crippen LogP contribution in [-0.2, 0) is 17.9 Å². The average Bonchev–Trinajstić information content (AvgIpc) is 2.70. The van der Waals surface area contributed by atoms with E-state index in [2.05, 4.69) is 40.0 Å². The Bertz CT molecular complexity index is 757. The predicted molar refractivity (Wildman–Crippen MR) is 109 cm³/mol. The van der Waals surface area contributed by atoms with Gasteiger partial charge >= 0.3 is 0 Å². The minimum atomic E-state index is -0.0905. The normalized spacial score (nSPS) is 11.0. The van der Waals surface area contributed by atoms with Crippen molar-refractivity contribution in [3.05, 3.63) is 65.2 Å². The number of aliphatic imine (C=N–C) groups is 1. The summed E-state index contributed by atoms with van der Waals surface area (Å²) in [6.45, 7) is 5.99. The number of nitrogens with zero attached hydrogens (tertiary/aromatic N) is 1. The summed E-state index contributed by atoms with van der Waals surface area (Å²) in [6.07, 6.45) is 0. The Balaban J connectivity index is 1.82. The third-order valence-electron chi connectivity index (χ3n) is 4.08. The average molecular weight is 368 g/mol. The molecule has 0 spiro atoms. The number of hydrogen-bond donors (Lipinski definition) is 3. The fraction of sp³-hybridized carbons (Fsp3) is 0.333. The van der Waals surface area contributed by atoms with Crippen LogP contribution >= 0.6 is 0 Å². The van der Waals surface area contributed by atoms with Crippen LogP contribution in [0.25, 0.3) is 0 Å². The summed E-state index contributed by atoms with van der Waals surface area (Å²) in [5.41, 5.74) is 3.39. The number of amides is 1. The molecule has 0 saturated carbocycles. The van der Waals surface area contributed by atoms with Crippen LogP contribution in [0.5, 0.6) is 5.75 Å². The molecule has 6 heteroatoms. The summed E-state index contributed by atoms with van der Waals surface area (Å²) in [7, 11) is 1.63. The number of carbonyl (C=O) groups excluding carboxylic acids is 1. The lowest BCUT2D eigenvalue weighted by molar-refractivity contribution is -0.120. The van der Waals surface area contributed by atoms with Gasteiger partial charge in [-0.2, -0.15) is 0 Å². The van der Waals surface area contributed by atoms with Crippen LogP contribution in [0, 0.1) is 6.92 Å². The van der Waals surface area contributed by atoms with Crippen molar-refractivity contribution in [2.24, 2.45) is 4.99 Å². The quantitative estimate of drug-likeness (QED) is 0.494. The Morgan fingerprint density at radius 2 is 1.78 bits per heavy atom. The van der Waals surface area contributed by atoms with Crippen molar-refractivity contribution in [2.45, 2.75) is 26.9 Å². The van der Waals surface area contributed by atoms with Gasteiger partial charge in [-0.05, 0) is 42.7 Å². The van der Waals surface area contributed by atoms with Crippen molar-refractivity contribution in [3.63, 3.8) is 0 Å². The van der Waals surface area contributed by atoms with E-state index in [4.69, 9.17) is 4.74 Å². The van der Waals surface area contributed by atoms with Gasteiger partial charge in [-0.1, -0.05) is 36.4 Å². The summed E-state index contributed by atoms with van der Waals surface area (Å²) < 4.78 is 5.13. The van der Waals surface area contributed by atoms with Crippen molar-refractivity contribution in [2.75, 3.05) is 20.2 Å². The van der Waals surface area contributed by atoms with E-state index in [1.54, 1.807) is 7.11 Å². The molecular formula is C21H28N4O2. The zero-order valence-electron chi connectivity index (χ0n) is 16.2. The number of aryl methyl sites for hydroxylation is 1. The largest absolute Gasteiger partial charge is 0.497 e. The Labute approximate surface area is 161 Å². The van der Waals surface area contributed by atoms with Gasteiger partial charge in [0.1, 0.15) is 5.75 Å². The molecule has 3 N–H and O–H groups in total. The summed E-state index contributed by atoms with van der Waals surface area (Å²) in [5, 5.41) is 9.12. The van der Waals surface area contributed by atoms with Gasteiger partial charge in [0.05, 0.1) is 20.2 Å². The van der Waals surface area contributed by atoms with Crippen LogP contribution in [0.1, 0.15) is 23.6 Å². The second-order valence-corrected chi connectivity index (χ2v) is 6.10. The molecule has 2 rings (SSSR count). The molecule has 0 saturated heterocycles. The van der Waals surface area contributed by atoms with E-state index in [0.717, 1.165) is 17.9 Å². The van der Waals surface area contributed by atoms with Crippen LogP contribution in [0.3, 0.4) is 0 Å². The van der Waals surface area contributed by atoms with E-state index in [0.29, 0.717) is 19.0 Å². The van der Waals surface area contributed by atoms with Crippen molar-refractivity contribution in [1.82, 2.24) is 16.0 Å². The fourth-order valence-corrected chi connectivity index (χ4v) is 2.46. The molecule has 6 nitrogen and oxygen atoms in total. The van der Waals surface area contributed by atoms with E-state index < -0.39 is 0 Å². The summed E-state index contributed by atoms with van der Waals surface area (Å²) >= 11 is 0. The summed E-state index contributed by atoms with van der Waals surface area (Å²) in [4.78, 5) is 16.6. The standard InChI is InChI=1S/C21H28N4O2/c1-4-22-21(24-14-18-8-6-5-7-16(18)2)25-15-20(26)23-13-17-9-11-19(27-3)12-10-17/h5-12H,4,13-15H2,1-3H3,(H,23,26)(H2,22,24,25). The first-order valence-corrected chi connectivity index (χ1v) is 9.08. The van der Waals surface area contributed by atoms with Crippen molar-refractivity contribution >= 4 is 11.9 Å². The Kier molecular flexibility index (Phi) is 8.16. The second kappa shape index (κ2) is 10.9. The lowest BCUT2D eigenvalue weighted by atomic mass is 10.1. The number of ether oxygens (including phenoxy) is 1. The van der Waals surface area contributed by atoms with Gasteiger partial charge in [-0.25, -0.2) is 4.99 Å². The molecule has 2 aromatic rings. The predicted octanol–water partition coefficient (Wildman–Crippen LogP) is 2.38. The monoisotopic (exact) mass is 368 g/mol. The summed E-state index contributed by atoms with van der Waals surface area (Å²) in [6, 6.07) is 15.8. The molecule has 0 atom stereocenters.